The van der Waals surface area contributed by atoms with Gasteiger partial charge in [-0.05, 0) is 61.9 Å². The van der Waals surface area contributed by atoms with Crippen molar-refractivity contribution in [1.82, 2.24) is 19.8 Å². The van der Waals surface area contributed by atoms with E-state index in [0.717, 1.165) is 22.4 Å². The third-order valence-electron chi connectivity index (χ3n) is 6.56. The first kappa shape index (κ1) is 27.0. The Morgan fingerprint density at radius 1 is 1.18 bits per heavy atom. The third kappa shape index (κ3) is 5.56. The largest absolute Gasteiger partial charge is 0.489 e. The van der Waals surface area contributed by atoms with Crippen molar-refractivity contribution in [2.24, 2.45) is 16.1 Å². The molecule has 1 aromatic heterocycles. The summed E-state index contributed by atoms with van der Waals surface area (Å²) in [5, 5.41) is 13.7. The van der Waals surface area contributed by atoms with Crippen molar-refractivity contribution >= 4 is 28.9 Å². The zero-order valence-corrected chi connectivity index (χ0v) is 22.8. The number of aromatic nitrogens is 3. The Labute approximate surface area is 236 Å². The number of hydrogen-bond acceptors (Lipinski definition) is 8. The summed E-state index contributed by atoms with van der Waals surface area (Å²) >= 11 is 6.20. The fourth-order valence-electron chi connectivity index (χ4n) is 4.56. The number of benzene rings is 3. The van der Waals surface area contributed by atoms with E-state index in [4.69, 9.17) is 32.7 Å². The van der Waals surface area contributed by atoms with Crippen LogP contribution in [0.15, 0.2) is 76.9 Å². The van der Waals surface area contributed by atoms with Crippen LogP contribution in [-0.4, -0.2) is 37.9 Å². The molecule has 12 heteroatoms. The van der Waals surface area contributed by atoms with Crippen LogP contribution in [0.1, 0.15) is 47.7 Å². The molecule has 40 heavy (non-hydrogen) atoms. The molecule has 0 unspecified atom stereocenters. The molecule has 11 nitrogen and oxygen atoms in total. The zero-order chi connectivity index (χ0) is 28.2. The molecule has 204 valence electrons. The van der Waals surface area contributed by atoms with Crippen molar-refractivity contribution in [2.45, 2.75) is 32.9 Å². The minimum Gasteiger partial charge on any atom is -0.489 e. The highest BCUT2D eigenvalue weighted by Crippen LogP contribution is 2.35. The lowest BCUT2D eigenvalue weighted by atomic mass is 10.00. The highest BCUT2D eigenvalue weighted by molar-refractivity contribution is 6.30. The summed E-state index contributed by atoms with van der Waals surface area (Å²) < 4.78 is 8.10. The number of hydrogen-bond donors (Lipinski definition) is 3. The molecule has 1 aliphatic rings. The van der Waals surface area contributed by atoms with Crippen molar-refractivity contribution in [1.29, 1.82) is 5.53 Å². The number of halogens is 1. The lowest BCUT2D eigenvalue weighted by Crippen LogP contribution is -2.37. The molecule has 0 aliphatic carbocycles. The molecule has 0 radical (unpaired) electrons. The maximum atomic E-state index is 12.9. The van der Waals surface area contributed by atoms with Gasteiger partial charge in [0.05, 0.1) is 23.5 Å². The minimum atomic E-state index is -0.619. The molecule has 1 amide bonds. The normalized spacial score (nSPS) is 13.9. The minimum absolute atomic E-state index is 0.0336. The second-order valence-electron chi connectivity index (χ2n) is 9.22. The number of anilines is 1. The van der Waals surface area contributed by atoms with Gasteiger partial charge >= 0.3 is 0 Å². The van der Waals surface area contributed by atoms with E-state index in [9.17, 15) is 4.79 Å². The van der Waals surface area contributed by atoms with Crippen molar-refractivity contribution in [3.63, 3.8) is 0 Å². The van der Waals surface area contributed by atoms with Gasteiger partial charge in [-0.1, -0.05) is 41.1 Å². The number of aryl methyl sites for hydroxylation is 1. The van der Waals surface area contributed by atoms with Gasteiger partial charge in [0.1, 0.15) is 24.2 Å². The summed E-state index contributed by atoms with van der Waals surface area (Å²) in [7, 11) is 0. The molecule has 1 aliphatic heterocycles. The van der Waals surface area contributed by atoms with Crippen molar-refractivity contribution in [2.75, 3.05) is 12.0 Å². The van der Waals surface area contributed by atoms with Gasteiger partial charge in [0, 0.05) is 22.7 Å². The van der Waals surface area contributed by atoms with Crippen LogP contribution in [0.5, 0.6) is 5.75 Å². The fraction of sp³-hybridized carbons (Fsp3) is 0.214. The van der Waals surface area contributed by atoms with Gasteiger partial charge in [-0.15, -0.1) is 10.2 Å². The number of aliphatic imine (C=N–C) groups is 1. The monoisotopic (exact) mass is 557 g/mol. The van der Waals surface area contributed by atoms with Gasteiger partial charge in [0.15, 0.2) is 5.82 Å². The van der Waals surface area contributed by atoms with E-state index in [-0.39, 0.29) is 12.3 Å². The molecule has 0 saturated carbocycles. The quantitative estimate of drug-likeness (QED) is 0.112. The predicted octanol–water partition coefficient (Wildman–Crippen LogP) is 5.17. The van der Waals surface area contributed by atoms with E-state index in [1.165, 1.54) is 5.01 Å². The first-order chi connectivity index (χ1) is 19.4. The first-order valence-corrected chi connectivity index (χ1v) is 13.1. The van der Waals surface area contributed by atoms with E-state index in [0.29, 0.717) is 47.0 Å². The molecular weight excluding hydrogens is 530 g/mol. The van der Waals surface area contributed by atoms with E-state index in [2.05, 4.69) is 20.8 Å². The summed E-state index contributed by atoms with van der Waals surface area (Å²) in [4.78, 5) is 18.0. The Hall–Kier alpha value is -4.61. The fourth-order valence-corrected chi connectivity index (χ4v) is 4.69. The summed E-state index contributed by atoms with van der Waals surface area (Å²) in [6, 6.07) is 20.0. The van der Waals surface area contributed by atoms with Crippen molar-refractivity contribution in [3.8, 4) is 11.4 Å². The standard InChI is InChI=1S/C28H28ClN9O2/c1-3-37(31)26(39)15-24-28-35-33-17(2)38(28)25-12-11-22(40-16-18-5-4-6-21(13-18)34-36-30)14-23(25)27(32-24)19-7-9-20(29)10-8-19/h4-14,24H,3,15-16,31H2,1-2H3,(H2,30,34)/t24-/m0/s1. The number of rotatable bonds is 9. The number of ether oxygens (including phenoxy) is 1. The second kappa shape index (κ2) is 11.6. The van der Waals surface area contributed by atoms with Gasteiger partial charge < -0.3 is 4.74 Å². The molecular formula is C28H28ClN9O2. The Bertz CT molecular complexity index is 1580. The Balaban J connectivity index is 1.58. The zero-order valence-electron chi connectivity index (χ0n) is 22.0. The van der Waals surface area contributed by atoms with Crippen LogP contribution in [-0.2, 0) is 11.4 Å². The highest BCUT2D eigenvalue weighted by atomic mass is 35.5. The number of nitrogens with one attached hydrogen (secondary N) is 2. The topological polar surface area (TPSA) is 147 Å². The number of hydrazine groups is 1. The SMILES string of the molecule is CCN(N)C(=O)C[C@@H]1N=C(c2ccc(Cl)cc2)c2cc(OCc3cccc(NN=N)c3)ccc2-n2c(C)nnc21. The number of amides is 1. The molecule has 0 bridgehead atoms. The van der Waals surface area contributed by atoms with Gasteiger partial charge in [0.2, 0.25) is 5.91 Å². The number of nitrogens with zero attached hydrogens (tertiary/aromatic N) is 6. The lowest BCUT2D eigenvalue weighted by Gasteiger charge is -2.17. The number of carbonyl (C=O) groups excluding carboxylic acids is 1. The maximum absolute atomic E-state index is 12.9. The van der Waals surface area contributed by atoms with Crippen LogP contribution < -0.4 is 16.0 Å². The molecule has 4 aromatic rings. The Morgan fingerprint density at radius 3 is 2.73 bits per heavy atom. The number of fused-ring (bicyclic) bond motifs is 3. The molecule has 3 aromatic carbocycles. The molecule has 0 fully saturated rings. The summed E-state index contributed by atoms with van der Waals surface area (Å²) in [5.41, 5.74) is 14.4. The van der Waals surface area contributed by atoms with Gasteiger partial charge in [-0.25, -0.2) is 5.84 Å². The molecule has 4 N–H and O–H groups in total. The summed E-state index contributed by atoms with van der Waals surface area (Å²) in [5.74, 6) is 7.52. The molecule has 1 atom stereocenters. The van der Waals surface area contributed by atoms with E-state index < -0.39 is 6.04 Å². The van der Waals surface area contributed by atoms with Crippen molar-refractivity contribution < 1.29 is 9.53 Å². The third-order valence-corrected chi connectivity index (χ3v) is 6.81. The van der Waals surface area contributed by atoms with Gasteiger partial charge in [0.25, 0.3) is 0 Å². The van der Waals surface area contributed by atoms with Crippen LogP contribution in [0.3, 0.4) is 0 Å². The number of nitrogens with two attached hydrogens (primary N) is 1. The van der Waals surface area contributed by atoms with Gasteiger partial charge in [-0.2, -0.15) is 5.53 Å². The van der Waals surface area contributed by atoms with E-state index in [1.807, 2.05) is 73.0 Å². The Kier molecular flexibility index (Phi) is 7.85. The molecule has 0 saturated heterocycles. The molecule has 5 rings (SSSR count). The van der Waals surface area contributed by atoms with Crippen LogP contribution in [0.4, 0.5) is 5.69 Å². The lowest BCUT2D eigenvalue weighted by molar-refractivity contribution is -0.131. The average molecular weight is 558 g/mol. The van der Waals surface area contributed by atoms with Crippen LogP contribution in [0, 0.1) is 12.5 Å². The molecule has 0 spiro atoms. The van der Waals surface area contributed by atoms with E-state index >= 15 is 0 Å². The number of carbonyl (C=O) groups is 1. The van der Waals surface area contributed by atoms with Gasteiger partial charge in [-0.3, -0.25) is 24.8 Å². The average Bonchev–Trinajstić information content (AvgIpc) is 3.29. The van der Waals surface area contributed by atoms with Crippen LogP contribution in [0.25, 0.3) is 5.69 Å². The predicted molar refractivity (Wildman–Crippen MR) is 152 cm³/mol. The first-order valence-electron chi connectivity index (χ1n) is 12.7. The smallest absolute Gasteiger partial charge is 0.239 e. The van der Waals surface area contributed by atoms with Crippen molar-refractivity contribution in [3.05, 3.63) is 100 Å². The van der Waals surface area contributed by atoms with Crippen LogP contribution in [0.2, 0.25) is 5.02 Å². The highest BCUT2D eigenvalue weighted by Gasteiger charge is 2.30. The molecule has 2 heterocycles. The second-order valence-corrected chi connectivity index (χ2v) is 9.65. The summed E-state index contributed by atoms with van der Waals surface area (Å²) in [6.07, 6.45) is 0.0336. The van der Waals surface area contributed by atoms with Crippen LogP contribution >= 0.6 is 11.6 Å². The van der Waals surface area contributed by atoms with E-state index in [1.54, 1.807) is 12.1 Å². The maximum Gasteiger partial charge on any atom is 0.239 e. The Morgan fingerprint density at radius 2 is 1.98 bits per heavy atom. The summed E-state index contributed by atoms with van der Waals surface area (Å²) in [6.45, 7) is 4.36.